The van der Waals surface area contributed by atoms with Crippen molar-refractivity contribution in [2.45, 2.75) is 57.6 Å². The Kier molecular flexibility index (Phi) is 6.05. The Morgan fingerprint density at radius 2 is 1.95 bits per heavy atom. The smallest absolute Gasteiger partial charge is 0.323 e. The van der Waals surface area contributed by atoms with Gasteiger partial charge in [-0.2, -0.15) is 0 Å². The van der Waals surface area contributed by atoms with E-state index in [0.717, 1.165) is 37.9 Å². The van der Waals surface area contributed by atoms with E-state index >= 15 is 0 Å². The van der Waals surface area contributed by atoms with Gasteiger partial charge in [-0.25, -0.2) is 0 Å². The first-order valence-corrected chi connectivity index (χ1v) is 7.80. The second kappa shape index (κ2) is 8.03. The summed E-state index contributed by atoms with van der Waals surface area (Å²) in [6.45, 7) is 2.60. The van der Waals surface area contributed by atoms with Gasteiger partial charge in [-0.3, -0.25) is 4.79 Å². The van der Waals surface area contributed by atoms with Crippen molar-refractivity contribution >= 4 is 5.97 Å². The second-order valence-electron chi connectivity index (χ2n) is 5.75. The maximum atomic E-state index is 11.8. The number of nitrogens with two attached hydrogens (primary N) is 1. The van der Waals surface area contributed by atoms with Gasteiger partial charge in [-0.05, 0) is 57.6 Å². The van der Waals surface area contributed by atoms with Gasteiger partial charge in [0, 0.05) is 0 Å². The molecule has 0 saturated heterocycles. The van der Waals surface area contributed by atoms with E-state index in [9.17, 15) is 4.79 Å². The molecule has 0 radical (unpaired) electrons. The van der Waals surface area contributed by atoms with Crippen molar-refractivity contribution in [3.63, 3.8) is 0 Å². The lowest BCUT2D eigenvalue weighted by atomic mass is 10.2. The number of ether oxygens (including phenoxy) is 2. The van der Waals surface area contributed by atoms with Crippen LogP contribution in [0.15, 0.2) is 24.3 Å². The first kappa shape index (κ1) is 15.8. The summed E-state index contributed by atoms with van der Waals surface area (Å²) in [4.78, 5) is 11.8. The molecule has 4 heteroatoms. The molecule has 1 atom stereocenters. The van der Waals surface area contributed by atoms with Gasteiger partial charge in [0.05, 0.1) is 6.61 Å². The van der Waals surface area contributed by atoms with Gasteiger partial charge in [0.15, 0.2) is 0 Å². The average Bonchev–Trinajstić information content (AvgIpc) is 2.98. The molecule has 2 N–H and O–H groups in total. The van der Waals surface area contributed by atoms with E-state index in [2.05, 4.69) is 0 Å². The number of aryl methyl sites for hydroxylation is 1. The molecule has 0 aromatic heterocycles. The summed E-state index contributed by atoms with van der Waals surface area (Å²) in [6, 6.07) is 7.39. The van der Waals surface area contributed by atoms with Crippen molar-refractivity contribution < 1.29 is 14.3 Å². The third-order valence-electron chi connectivity index (χ3n) is 3.84. The van der Waals surface area contributed by atoms with Crippen LogP contribution in [-0.2, 0) is 9.53 Å². The fourth-order valence-electron chi connectivity index (χ4n) is 2.50. The molecular formula is C17H25NO3. The second-order valence-corrected chi connectivity index (χ2v) is 5.75. The van der Waals surface area contributed by atoms with Gasteiger partial charge in [0.25, 0.3) is 0 Å². The maximum Gasteiger partial charge on any atom is 0.323 e. The van der Waals surface area contributed by atoms with E-state index in [0.29, 0.717) is 13.0 Å². The SMILES string of the molecule is Cc1ccc(OCCC[C@@H](N)C(=O)OC2CCCC2)cc1. The number of hydrogen-bond donors (Lipinski definition) is 1. The fourth-order valence-corrected chi connectivity index (χ4v) is 2.50. The minimum atomic E-state index is -0.535. The predicted molar refractivity (Wildman–Crippen MR) is 82.2 cm³/mol. The normalized spacial score (nSPS) is 16.7. The Labute approximate surface area is 126 Å². The molecule has 0 spiro atoms. The lowest BCUT2D eigenvalue weighted by Crippen LogP contribution is -2.34. The molecule has 0 heterocycles. The zero-order valence-corrected chi connectivity index (χ0v) is 12.7. The molecule has 1 saturated carbocycles. The summed E-state index contributed by atoms with van der Waals surface area (Å²) in [5, 5.41) is 0. The molecule has 21 heavy (non-hydrogen) atoms. The molecule has 2 rings (SSSR count). The third-order valence-corrected chi connectivity index (χ3v) is 3.84. The topological polar surface area (TPSA) is 61.5 Å². The monoisotopic (exact) mass is 291 g/mol. The highest BCUT2D eigenvalue weighted by molar-refractivity contribution is 5.75. The van der Waals surface area contributed by atoms with Crippen LogP contribution in [0.5, 0.6) is 5.75 Å². The molecule has 0 amide bonds. The fraction of sp³-hybridized carbons (Fsp3) is 0.588. The zero-order valence-electron chi connectivity index (χ0n) is 12.7. The molecule has 116 valence electrons. The quantitative estimate of drug-likeness (QED) is 0.619. The molecule has 1 aromatic carbocycles. The van der Waals surface area contributed by atoms with Gasteiger partial charge in [-0.1, -0.05) is 17.7 Å². The summed E-state index contributed by atoms with van der Waals surface area (Å²) in [5.74, 6) is 0.583. The lowest BCUT2D eigenvalue weighted by molar-refractivity contribution is -0.150. The molecule has 1 aliphatic carbocycles. The van der Waals surface area contributed by atoms with Gasteiger partial charge in [0.1, 0.15) is 17.9 Å². The Hall–Kier alpha value is -1.55. The Balaban J connectivity index is 1.60. The minimum absolute atomic E-state index is 0.0901. The van der Waals surface area contributed by atoms with Crippen LogP contribution in [0.3, 0.4) is 0 Å². The van der Waals surface area contributed by atoms with Crippen molar-refractivity contribution in [1.82, 2.24) is 0 Å². The van der Waals surface area contributed by atoms with Gasteiger partial charge >= 0.3 is 5.97 Å². The number of benzene rings is 1. The van der Waals surface area contributed by atoms with E-state index in [1.165, 1.54) is 5.56 Å². The predicted octanol–water partition coefficient (Wildman–Crippen LogP) is 2.97. The van der Waals surface area contributed by atoms with Crippen molar-refractivity contribution in [3.05, 3.63) is 29.8 Å². The number of carbonyl (C=O) groups is 1. The Bertz CT molecular complexity index is 438. The maximum absolute atomic E-state index is 11.8. The standard InChI is InChI=1S/C17H25NO3/c1-13-8-10-14(11-9-13)20-12-4-7-16(18)17(19)21-15-5-2-3-6-15/h8-11,15-16H,2-7,12,18H2,1H3/t16-/m1/s1. The van der Waals surface area contributed by atoms with Gasteiger partial charge in [0.2, 0.25) is 0 Å². The van der Waals surface area contributed by atoms with E-state index in [4.69, 9.17) is 15.2 Å². The van der Waals surface area contributed by atoms with Crippen molar-refractivity contribution in [1.29, 1.82) is 0 Å². The molecule has 0 bridgehead atoms. The number of rotatable bonds is 7. The van der Waals surface area contributed by atoms with E-state index in [1.807, 2.05) is 31.2 Å². The first-order valence-electron chi connectivity index (χ1n) is 7.80. The van der Waals surface area contributed by atoms with Crippen LogP contribution >= 0.6 is 0 Å². The van der Waals surface area contributed by atoms with Gasteiger partial charge < -0.3 is 15.2 Å². The summed E-state index contributed by atoms with van der Waals surface area (Å²) < 4.78 is 11.0. The minimum Gasteiger partial charge on any atom is -0.494 e. The highest BCUT2D eigenvalue weighted by Crippen LogP contribution is 2.21. The summed E-state index contributed by atoms with van der Waals surface area (Å²) in [5.41, 5.74) is 7.07. The lowest BCUT2D eigenvalue weighted by Gasteiger charge is -2.15. The summed E-state index contributed by atoms with van der Waals surface area (Å²) >= 11 is 0. The number of hydrogen-bond acceptors (Lipinski definition) is 4. The number of esters is 1. The van der Waals surface area contributed by atoms with Crippen LogP contribution in [0.2, 0.25) is 0 Å². The highest BCUT2D eigenvalue weighted by Gasteiger charge is 2.22. The average molecular weight is 291 g/mol. The van der Waals surface area contributed by atoms with Crippen LogP contribution in [0, 0.1) is 6.92 Å². The molecule has 1 aromatic rings. The summed E-state index contributed by atoms with van der Waals surface area (Å²) in [7, 11) is 0. The third kappa shape index (κ3) is 5.38. The van der Waals surface area contributed by atoms with Crippen molar-refractivity contribution in [2.24, 2.45) is 5.73 Å². The van der Waals surface area contributed by atoms with Crippen LogP contribution in [-0.4, -0.2) is 24.7 Å². The molecule has 0 unspecified atom stereocenters. The number of carbonyl (C=O) groups excluding carboxylic acids is 1. The Morgan fingerprint density at radius 3 is 2.62 bits per heavy atom. The van der Waals surface area contributed by atoms with E-state index in [-0.39, 0.29) is 12.1 Å². The van der Waals surface area contributed by atoms with Gasteiger partial charge in [-0.15, -0.1) is 0 Å². The van der Waals surface area contributed by atoms with Crippen LogP contribution < -0.4 is 10.5 Å². The zero-order chi connectivity index (χ0) is 15.1. The van der Waals surface area contributed by atoms with Crippen molar-refractivity contribution in [3.8, 4) is 5.75 Å². The summed E-state index contributed by atoms with van der Waals surface area (Å²) in [6.07, 6.45) is 5.69. The van der Waals surface area contributed by atoms with E-state index < -0.39 is 6.04 Å². The van der Waals surface area contributed by atoms with Crippen molar-refractivity contribution in [2.75, 3.05) is 6.61 Å². The van der Waals surface area contributed by atoms with Crippen LogP contribution in [0.1, 0.15) is 44.1 Å². The van der Waals surface area contributed by atoms with Crippen LogP contribution in [0.25, 0.3) is 0 Å². The van der Waals surface area contributed by atoms with Crippen LogP contribution in [0.4, 0.5) is 0 Å². The molecule has 1 aliphatic rings. The molecule has 4 nitrogen and oxygen atoms in total. The largest absolute Gasteiger partial charge is 0.494 e. The highest BCUT2D eigenvalue weighted by atomic mass is 16.5. The Morgan fingerprint density at radius 1 is 1.29 bits per heavy atom. The molecule has 1 fully saturated rings. The molecular weight excluding hydrogens is 266 g/mol. The van der Waals surface area contributed by atoms with E-state index in [1.54, 1.807) is 0 Å². The first-order chi connectivity index (χ1) is 10.1. The molecule has 0 aliphatic heterocycles.